The Balaban J connectivity index is 4.19. The molecule has 6 nitrogen and oxygen atoms in total. The van der Waals surface area contributed by atoms with Gasteiger partial charge in [-0.15, -0.1) is 0 Å². The van der Waals surface area contributed by atoms with Crippen molar-refractivity contribution in [2.45, 2.75) is 335 Å². The van der Waals surface area contributed by atoms with Gasteiger partial charge in [0, 0.05) is 19.3 Å². The molecule has 0 aliphatic carbocycles. The fourth-order valence-corrected chi connectivity index (χ4v) is 9.34. The Hall–Kier alpha value is -3.15. The number of hydrogen-bond donors (Lipinski definition) is 0. The lowest BCUT2D eigenvalue weighted by Crippen LogP contribution is -2.30. The van der Waals surface area contributed by atoms with E-state index in [4.69, 9.17) is 14.2 Å². The molecule has 0 rings (SSSR count). The summed E-state index contributed by atoms with van der Waals surface area (Å²) >= 11 is 0. The van der Waals surface area contributed by atoms with Crippen LogP contribution >= 0.6 is 0 Å². The minimum Gasteiger partial charge on any atom is -0.462 e. The van der Waals surface area contributed by atoms with Gasteiger partial charge in [0.05, 0.1) is 0 Å². The summed E-state index contributed by atoms with van der Waals surface area (Å²) in [6.45, 7) is 6.52. The zero-order valence-corrected chi connectivity index (χ0v) is 49.8. The van der Waals surface area contributed by atoms with Crippen LogP contribution in [0, 0.1) is 0 Å². The van der Waals surface area contributed by atoms with Crippen LogP contribution in [0.25, 0.3) is 0 Å². The smallest absolute Gasteiger partial charge is 0.306 e. The van der Waals surface area contributed by atoms with E-state index in [2.05, 4.69) is 93.7 Å². The molecule has 6 heteroatoms. The standard InChI is InChI=1S/C69H122O6/c1-4-7-10-13-16-19-22-24-26-28-29-30-31-32-33-34-35-36-37-38-39-41-42-44-47-50-53-56-59-62-68(71)74-65-66(64-73-67(70)61-58-55-52-49-46-21-18-15-12-9-6-3)75-69(72)63-60-57-54-51-48-45-43-40-27-25-23-20-17-14-11-8-5-2/h7,10,15-16,18-19,24,26,29-30,32-33,66H,4-6,8-9,11-14,17,20-23,25,27-28,31,34-65H2,1-3H3/b10-7-,18-15-,19-16-,26-24-,30-29-,33-32-. The first-order valence-corrected chi connectivity index (χ1v) is 32.4. The molecule has 0 fully saturated rings. The second kappa shape index (κ2) is 63.4. The molecule has 0 aliphatic rings. The maximum atomic E-state index is 12.9. The van der Waals surface area contributed by atoms with Crippen LogP contribution in [-0.4, -0.2) is 37.2 Å². The Bertz CT molecular complexity index is 1390. The van der Waals surface area contributed by atoms with Crippen molar-refractivity contribution in [2.75, 3.05) is 13.2 Å². The molecule has 0 radical (unpaired) electrons. The topological polar surface area (TPSA) is 78.9 Å². The van der Waals surface area contributed by atoms with Crippen molar-refractivity contribution in [1.29, 1.82) is 0 Å². The molecular weight excluding hydrogens is 925 g/mol. The fraction of sp³-hybridized carbons (Fsp3) is 0.783. The molecule has 0 aliphatic heterocycles. The van der Waals surface area contributed by atoms with Gasteiger partial charge in [-0.05, 0) is 83.5 Å². The molecule has 0 heterocycles. The first kappa shape index (κ1) is 71.8. The van der Waals surface area contributed by atoms with Gasteiger partial charge >= 0.3 is 17.9 Å². The van der Waals surface area contributed by atoms with Gasteiger partial charge in [-0.1, -0.05) is 299 Å². The number of hydrogen-bond acceptors (Lipinski definition) is 6. The fourth-order valence-electron chi connectivity index (χ4n) is 9.34. The summed E-state index contributed by atoms with van der Waals surface area (Å²) in [7, 11) is 0. The van der Waals surface area contributed by atoms with Gasteiger partial charge in [-0.2, -0.15) is 0 Å². The lowest BCUT2D eigenvalue weighted by molar-refractivity contribution is -0.167. The highest BCUT2D eigenvalue weighted by Gasteiger charge is 2.19. The van der Waals surface area contributed by atoms with Crippen LogP contribution in [-0.2, 0) is 28.6 Å². The van der Waals surface area contributed by atoms with E-state index in [0.717, 1.165) is 96.3 Å². The summed E-state index contributed by atoms with van der Waals surface area (Å²) in [6, 6.07) is 0. The third kappa shape index (κ3) is 61.6. The number of ether oxygens (including phenoxy) is 3. The van der Waals surface area contributed by atoms with Crippen molar-refractivity contribution in [3.8, 4) is 0 Å². The van der Waals surface area contributed by atoms with E-state index in [-0.39, 0.29) is 31.1 Å². The van der Waals surface area contributed by atoms with Crippen molar-refractivity contribution in [1.82, 2.24) is 0 Å². The molecule has 0 spiro atoms. The largest absolute Gasteiger partial charge is 0.462 e. The lowest BCUT2D eigenvalue weighted by atomic mass is 10.0. The van der Waals surface area contributed by atoms with Crippen molar-refractivity contribution in [3.63, 3.8) is 0 Å². The van der Waals surface area contributed by atoms with E-state index in [1.165, 1.54) is 193 Å². The normalized spacial score (nSPS) is 12.5. The van der Waals surface area contributed by atoms with Crippen LogP contribution in [0.4, 0.5) is 0 Å². The van der Waals surface area contributed by atoms with Gasteiger partial charge in [-0.25, -0.2) is 0 Å². The molecular formula is C69H122O6. The highest BCUT2D eigenvalue weighted by atomic mass is 16.6. The monoisotopic (exact) mass is 1050 g/mol. The number of carbonyl (C=O) groups excluding carboxylic acids is 3. The zero-order valence-electron chi connectivity index (χ0n) is 49.8. The maximum Gasteiger partial charge on any atom is 0.306 e. The van der Waals surface area contributed by atoms with Gasteiger partial charge in [0.1, 0.15) is 13.2 Å². The predicted molar refractivity (Wildman–Crippen MR) is 325 cm³/mol. The first-order chi connectivity index (χ1) is 37.0. The Morgan fingerprint density at radius 3 is 0.867 bits per heavy atom. The average molecular weight is 1050 g/mol. The molecule has 0 saturated heterocycles. The lowest BCUT2D eigenvalue weighted by Gasteiger charge is -2.18. The van der Waals surface area contributed by atoms with Crippen LogP contribution in [0.3, 0.4) is 0 Å². The minimum absolute atomic E-state index is 0.0745. The number of allylic oxidation sites excluding steroid dienone is 12. The molecule has 1 unspecified atom stereocenters. The number of rotatable bonds is 59. The molecule has 75 heavy (non-hydrogen) atoms. The Morgan fingerprint density at radius 1 is 0.280 bits per heavy atom. The zero-order chi connectivity index (χ0) is 54.3. The van der Waals surface area contributed by atoms with Crippen LogP contribution in [0.2, 0.25) is 0 Å². The summed E-state index contributed by atoms with van der Waals surface area (Å²) in [4.78, 5) is 38.2. The predicted octanol–water partition coefficient (Wildman–Crippen LogP) is 22.1. The van der Waals surface area contributed by atoms with Gasteiger partial charge in [-0.3, -0.25) is 14.4 Å². The SMILES string of the molecule is CC/C=C\C/C=C\C/C=C\C/C=C\C/C=C\CCCCCCCCCCCCCCCC(=O)OCC(COC(=O)CCCCCCC/C=C\CCCC)OC(=O)CCCCCCCCCCCCCCCCCCC. The van der Waals surface area contributed by atoms with E-state index < -0.39 is 6.10 Å². The quantitative estimate of drug-likeness (QED) is 0.0261. The second-order valence-corrected chi connectivity index (χ2v) is 21.6. The average Bonchev–Trinajstić information content (AvgIpc) is 3.41. The van der Waals surface area contributed by atoms with E-state index in [0.29, 0.717) is 19.3 Å². The van der Waals surface area contributed by atoms with Crippen LogP contribution < -0.4 is 0 Å². The van der Waals surface area contributed by atoms with E-state index in [1.54, 1.807) is 0 Å². The third-order valence-electron chi connectivity index (χ3n) is 14.2. The summed E-state index contributed by atoms with van der Waals surface area (Å²) in [5, 5.41) is 0. The van der Waals surface area contributed by atoms with Crippen LogP contribution in [0.15, 0.2) is 72.9 Å². The Kier molecular flexibility index (Phi) is 60.7. The van der Waals surface area contributed by atoms with Gasteiger partial charge in [0.15, 0.2) is 6.10 Å². The molecule has 0 amide bonds. The third-order valence-corrected chi connectivity index (χ3v) is 14.2. The maximum absolute atomic E-state index is 12.9. The molecule has 1 atom stereocenters. The first-order valence-electron chi connectivity index (χ1n) is 32.4. The number of unbranched alkanes of at least 4 members (excludes halogenated alkanes) is 36. The van der Waals surface area contributed by atoms with Crippen LogP contribution in [0.5, 0.6) is 0 Å². The highest BCUT2D eigenvalue weighted by molar-refractivity contribution is 5.71. The van der Waals surface area contributed by atoms with Gasteiger partial charge < -0.3 is 14.2 Å². The van der Waals surface area contributed by atoms with Gasteiger partial charge in [0.25, 0.3) is 0 Å². The molecule has 0 aromatic carbocycles. The summed E-state index contributed by atoms with van der Waals surface area (Å²) < 4.78 is 16.9. The van der Waals surface area contributed by atoms with Crippen molar-refractivity contribution in [3.05, 3.63) is 72.9 Å². The summed E-state index contributed by atoms with van der Waals surface area (Å²) in [5.74, 6) is -0.869. The van der Waals surface area contributed by atoms with Crippen molar-refractivity contribution < 1.29 is 28.6 Å². The molecule has 0 bridgehead atoms. The molecule has 0 aromatic rings. The van der Waals surface area contributed by atoms with Crippen LogP contribution in [0.1, 0.15) is 329 Å². The number of esters is 3. The summed E-state index contributed by atoms with van der Waals surface area (Å²) in [6.07, 6.45) is 82.0. The van der Waals surface area contributed by atoms with E-state index in [9.17, 15) is 14.4 Å². The van der Waals surface area contributed by atoms with Gasteiger partial charge in [0.2, 0.25) is 0 Å². The van der Waals surface area contributed by atoms with Crippen molar-refractivity contribution >= 4 is 17.9 Å². The molecule has 434 valence electrons. The molecule has 0 saturated carbocycles. The minimum atomic E-state index is -0.776. The highest BCUT2D eigenvalue weighted by Crippen LogP contribution is 2.17. The molecule has 0 N–H and O–H groups in total. The Labute approximate surface area is 465 Å². The van der Waals surface area contributed by atoms with Crippen molar-refractivity contribution in [2.24, 2.45) is 0 Å². The summed E-state index contributed by atoms with van der Waals surface area (Å²) in [5.41, 5.74) is 0. The van der Waals surface area contributed by atoms with E-state index in [1.807, 2.05) is 0 Å². The second-order valence-electron chi connectivity index (χ2n) is 21.6. The Morgan fingerprint density at radius 2 is 0.533 bits per heavy atom. The van der Waals surface area contributed by atoms with E-state index >= 15 is 0 Å². The number of carbonyl (C=O) groups is 3. The molecule has 0 aromatic heterocycles.